The van der Waals surface area contributed by atoms with Crippen LogP contribution in [0.25, 0.3) is 0 Å². The number of rotatable bonds is 3. The minimum Gasteiger partial charge on any atom is -0.353 e. The smallest absolute Gasteiger partial charge is 0.247 e. The van der Waals surface area contributed by atoms with Gasteiger partial charge >= 0.3 is 0 Å². The van der Waals surface area contributed by atoms with E-state index in [1.807, 2.05) is 0 Å². The summed E-state index contributed by atoms with van der Waals surface area (Å²) in [6.45, 7) is 9.77. The highest BCUT2D eigenvalue weighted by molar-refractivity contribution is 5.42. The van der Waals surface area contributed by atoms with Crippen molar-refractivity contribution in [2.75, 3.05) is 55.6 Å². The van der Waals surface area contributed by atoms with Crippen LogP contribution in [0.2, 0.25) is 0 Å². The van der Waals surface area contributed by atoms with E-state index in [1.165, 1.54) is 19.3 Å². The van der Waals surface area contributed by atoms with Crippen molar-refractivity contribution in [3.05, 3.63) is 6.20 Å². The molecule has 0 N–H and O–H groups in total. The molecule has 1 aromatic heterocycles. The lowest BCUT2D eigenvalue weighted by Crippen LogP contribution is -2.46. The van der Waals surface area contributed by atoms with Gasteiger partial charge < -0.3 is 14.7 Å². The minimum atomic E-state index is 0.806. The van der Waals surface area contributed by atoms with E-state index < -0.39 is 0 Å². The number of hydrogen-bond donors (Lipinski definition) is 0. The second-order valence-electron chi connectivity index (χ2n) is 5.58. The number of hydrogen-bond acceptors (Lipinski definition) is 6. The first kappa shape index (κ1) is 13.5. The summed E-state index contributed by atoms with van der Waals surface area (Å²) < 4.78 is 0. The Hall–Kier alpha value is -1.43. The average Bonchev–Trinajstić information content (AvgIpc) is 2.56. The van der Waals surface area contributed by atoms with Gasteiger partial charge in [0.1, 0.15) is 0 Å². The molecule has 2 saturated heterocycles. The summed E-state index contributed by atoms with van der Waals surface area (Å²) in [6.07, 6.45) is 5.60. The second kappa shape index (κ2) is 6.35. The predicted octanol–water partition coefficient (Wildman–Crippen LogP) is 1.00. The van der Waals surface area contributed by atoms with Crippen molar-refractivity contribution < 1.29 is 0 Å². The van der Waals surface area contributed by atoms with Crippen molar-refractivity contribution in [1.29, 1.82) is 0 Å². The van der Waals surface area contributed by atoms with E-state index in [2.05, 4.69) is 31.8 Å². The normalized spacial score (nSPS) is 21.2. The van der Waals surface area contributed by atoms with Crippen molar-refractivity contribution in [2.24, 2.45) is 0 Å². The molecule has 6 heteroatoms. The first-order chi connectivity index (χ1) is 9.86. The number of anilines is 2. The zero-order valence-corrected chi connectivity index (χ0v) is 12.3. The molecule has 0 atom stereocenters. The van der Waals surface area contributed by atoms with Crippen LogP contribution in [0.4, 0.5) is 11.8 Å². The van der Waals surface area contributed by atoms with Gasteiger partial charge in [0.15, 0.2) is 5.82 Å². The highest BCUT2D eigenvalue weighted by Gasteiger charge is 2.19. The van der Waals surface area contributed by atoms with Crippen LogP contribution in [0, 0.1) is 0 Å². The van der Waals surface area contributed by atoms with E-state index in [9.17, 15) is 0 Å². The van der Waals surface area contributed by atoms with Gasteiger partial charge in [-0.25, -0.2) is 0 Å². The van der Waals surface area contributed by atoms with Crippen LogP contribution in [0.1, 0.15) is 26.2 Å². The van der Waals surface area contributed by atoms with Crippen molar-refractivity contribution in [3.63, 3.8) is 0 Å². The summed E-state index contributed by atoms with van der Waals surface area (Å²) >= 11 is 0. The van der Waals surface area contributed by atoms with Gasteiger partial charge in [-0.05, 0) is 25.8 Å². The summed E-state index contributed by atoms with van der Waals surface area (Å²) in [7, 11) is 0. The van der Waals surface area contributed by atoms with Gasteiger partial charge in [-0.1, -0.05) is 6.92 Å². The van der Waals surface area contributed by atoms with E-state index in [0.29, 0.717) is 0 Å². The molecule has 20 heavy (non-hydrogen) atoms. The SMILES string of the molecule is CCN1CCN(c2cnnc(N3CCCCC3)n2)CC1. The van der Waals surface area contributed by atoms with Crippen LogP contribution in [0.3, 0.4) is 0 Å². The molecule has 0 spiro atoms. The fourth-order valence-electron chi connectivity index (χ4n) is 2.96. The molecule has 2 aliphatic rings. The van der Waals surface area contributed by atoms with Crippen LogP contribution in [-0.2, 0) is 0 Å². The van der Waals surface area contributed by atoms with Crippen molar-refractivity contribution in [3.8, 4) is 0 Å². The Labute approximate surface area is 120 Å². The molecule has 0 saturated carbocycles. The lowest BCUT2D eigenvalue weighted by Gasteiger charge is -2.35. The number of piperidine rings is 1. The van der Waals surface area contributed by atoms with Gasteiger partial charge in [-0.3, -0.25) is 0 Å². The van der Waals surface area contributed by atoms with Crippen molar-refractivity contribution >= 4 is 11.8 Å². The van der Waals surface area contributed by atoms with E-state index in [1.54, 1.807) is 6.20 Å². The van der Waals surface area contributed by atoms with Gasteiger partial charge in [0.25, 0.3) is 0 Å². The van der Waals surface area contributed by atoms with Crippen LogP contribution >= 0.6 is 0 Å². The molecule has 0 aromatic carbocycles. The third kappa shape index (κ3) is 3.00. The highest BCUT2D eigenvalue weighted by atomic mass is 15.4. The summed E-state index contributed by atoms with van der Waals surface area (Å²) in [6, 6.07) is 0. The molecule has 3 heterocycles. The second-order valence-corrected chi connectivity index (χ2v) is 5.58. The summed E-state index contributed by atoms with van der Waals surface area (Å²) in [4.78, 5) is 11.8. The molecule has 6 nitrogen and oxygen atoms in total. The van der Waals surface area contributed by atoms with Gasteiger partial charge in [0.05, 0.1) is 6.20 Å². The van der Waals surface area contributed by atoms with E-state index in [-0.39, 0.29) is 0 Å². The maximum absolute atomic E-state index is 4.73. The number of piperazine rings is 1. The van der Waals surface area contributed by atoms with Gasteiger partial charge in [0, 0.05) is 39.3 Å². The Balaban J connectivity index is 1.68. The van der Waals surface area contributed by atoms with E-state index in [4.69, 9.17) is 4.98 Å². The quantitative estimate of drug-likeness (QED) is 0.821. The largest absolute Gasteiger partial charge is 0.353 e. The predicted molar refractivity (Wildman–Crippen MR) is 80.2 cm³/mol. The zero-order valence-electron chi connectivity index (χ0n) is 12.3. The minimum absolute atomic E-state index is 0.806. The third-order valence-corrected chi connectivity index (χ3v) is 4.32. The molecule has 0 radical (unpaired) electrons. The maximum atomic E-state index is 4.73. The van der Waals surface area contributed by atoms with Gasteiger partial charge in [0.2, 0.25) is 5.95 Å². The Kier molecular flexibility index (Phi) is 4.30. The average molecular weight is 276 g/mol. The zero-order chi connectivity index (χ0) is 13.8. The van der Waals surface area contributed by atoms with E-state index >= 15 is 0 Å². The maximum Gasteiger partial charge on any atom is 0.247 e. The van der Waals surface area contributed by atoms with Crippen LogP contribution in [0.15, 0.2) is 6.20 Å². The summed E-state index contributed by atoms with van der Waals surface area (Å²) in [5.41, 5.74) is 0. The van der Waals surface area contributed by atoms with Crippen LogP contribution < -0.4 is 9.80 Å². The number of likely N-dealkylation sites (N-methyl/N-ethyl adjacent to an activating group) is 1. The molecule has 2 aliphatic heterocycles. The molecular formula is C14H24N6. The van der Waals surface area contributed by atoms with E-state index in [0.717, 1.165) is 57.6 Å². The molecule has 2 fully saturated rings. The highest BCUT2D eigenvalue weighted by Crippen LogP contribution is 2.18. The Morgan fingerprint density at radius 3 is 2.40 bits per heavy atom. The Morgan fingerprint density at radius 1 is 0.950 bits per heavy atom. The Bertz CT molecular complexity index is 423. The monoisotopic (exact) mass is 276 g/mol. The van der Waals surface area contributed by atoms with Crippen LogP contribution in [0.5, 0.6) is 0 Å². The fraction of sp³-hybridized carbons (Fsp3) is 0.786. The third-order valence-electron chi connectivity index (χ3n) is 4.32. The molecule has 0 aliphatic carbocycles. The molecule has 0 unspecified atom stereocenters. The van der Waals surface area contributed by atoms with Crippen LogP contribution in [-0.4, -0.2) is 65.9 Å². The molecule has 3 rings (SSSR count). The molecule has 110 valence electrons. The summed E-state index contributed by atoms with van der Waals surface area (Å²) in [5.74, 6) is 1.79. The topological polar surface area (TPSA) is 48.4 Å². The number of aromatic nitrogens is 3. The number of nitrogens with zero attached hydrogens (tertiary/aromatic N) is 6. The molecular weight excluding hydrogens is 252 g/mol. The molecule has 0 bridgehead atoms. The first-order valence-electron chi connectivity index (χ1n) is 7.79. The first-order valence-corrected chi connectivity index (χ1v) is 7.79. The van der Waals surface area contributed by atoms with Gasteiger partial charge in [-0.15, -0.1) is 5.10 Å². The molecule has 0 amide bonds. The van der Waals surface area contributed by atoms with Crippen molar-refractivity contribution in [2.45, 2.75) is 26.2 Å². The fourth-order valence-corrected chi connectivity index (χ4v) is 2.96. The summed E-state index contributed by atoms with van der Waals surface area (Å²) in [5, 5.41) is 8.38. The standard InChI is InChI=1S/C14H24N6/c1-2-18-8-10-19(11-9-18)13-12-15-17-14(16-13)20-6-4-3-5-7-20/h12H,2-11H2,1H3. The lowest BCUT2D eigenvalue weighted by molar-refractivity contribution is 0.270. The Morgan fingerprint density at radius 2 is 1.70 bits per heavy atom. The molecule has 1 aromatic rings. The van der Waals surface area contributed by atoms with Gasteiger partial charge in [-0.2, -0.15) is 10.1 Å². The lowest BCUT2D eigenvalue weighted by atomic mass is 10.1. The van der Waals surface area contributed by atoms with Crippen molar-refractivity contribution in [1.82, 2.24) is 20.1 Å².